The molecule has 0 saturated carbocycles. The number of nitrogens with zero attached hydrogens (tertiary/aromatic N) is 3. The second-order valence-electron chi connectivity index (χ2n) is 5.06. The molecule has 0 aromatic heterocycles. The molecule has 0 radical (unpaired) electrons. The summed E-state index contributed by atoms with van der Waals surface area (Å²) in [6.07, 6.45) is 2.41. The van der Waals surface area contributed by atoms with E-state index in [1.54, 1.807) is 0 Å². The summed E-state index contributed by atoms with van der Waals surface area (Å²) in [4.78, 5) is 9.27. The summed E-state index contributed by atoms with van der Waals surface area (Å²) >= 11 is 0. The lowest BCUT2D eigenvalue weighted by atomic mass is 10.3. The van der Waals surface area contributed by atoms with Gasteiger partial charge in [0.25, 0.3) is 0 Å². The molecule has 0 amide bonds. The minimum atomic E-state index is 0. The highest BCUT2D eigenvalue weighted by molar-refractivity contribution is 14.0. The molecule has 1 rings (SSSR count). The number of likely N-dealkylation sites (N-methyl/N-ethyl adjacent to an activating group) is 1. The number of hydrogen-bond donors (Lipinski definition) is 2. The van der Waals surface area contributed by atoms with Gasteiger partial charge in [-0.1, -0.05) is 20.3 Å². The van der Waals surface area contributed by atoms with E-state index in [0.29, 0.717) is 0 Å². The zero-order valence-electron chi connectivity index (χ0n) is 13.3. The van der Waals surface area contributed by atoms with Crippen LogP contribution in [0.25, 0.3) is 0 Å². The summed E-state index contributed by atoms with van der Waals surface area (Å²) < 4.78 is 0. The Kier molecular flexibility index (Phi) is 12.6. The van der Waals surface area contributed by atoms with Gasteiger partial charge in [-0.05, 0) is 13.0 Å². The van der Waals surface area contributed by atoms with Gasteiger partial charge in [0.1, 0.15) is 0 Å². The standard InChI is InChI=1S/C14H31N5.HI/c1-4-6-7-16-14(15-3)17-8-9-19-12-10-18(5-2)11-13-19;/h4-13H2,1-3H3,(H2,15,16,17);1H. The summed E-state index contributed by atoms with van der Waals surface area (Å²) in [6.45, 7) is 13.5. The van der Waals surface area contributed by atoms with E-state index >= 15 is 0 Å². The molecule has 1 fully saturated rings. The van der Waals surface area contributed by atoms with Gasteiger partial charge in [-0.25, -0.2) is 0 Å². The van der Waals surface area contributed by atoms with E-state index in [0.717, 1.165) is 25.6 Å². The van der Waals surface area contributed by atoms with Crippen LogP contribution in [0.1, 0.15) is 26.7 Å². The third-order valence-electron chi connectivity index (χ3n) is 3.68. The fourth-order valence-corrected chi connectivity index (χ4v) is 2.27. The summed E-state index contributed by atoms with van der Waals surface area (Å²) in [7, 11) is 1.83. The van der Waals surface area contributed by atoms with Gasteiger partial charge in [-0.2, -0.15) is 0 Å². The van der Waals surface area contributed by atoms with Gasteiger partial charge >= 0.3 is 0 Å². The van der Waals surface area contributed by atoms with E-state index in [1.807, 2.05) is 7.05 Å². The molecule has 6 heteroatoms. The van der Waals surface area contributed by atoms with Crippen molar-refractivity contribution in [3.05, 3.63) is 0 Å². The molecule has 0 atom stereocenters. The largest absolute Gasteiger partial charge is 0.356 e. The fourth-order valence-electron chi connectivity index (χ4n) is 2.27. The van der Waals surface area contributed by atoms with Crippen LogP contribution in [-0.4, -0.2) is 75.2 Å². The van der Waals surface area contributed by atoms with Crippen LogP contribution in [0.15, 0.2) is 4.99 Å². The summed E-state index contributed by atoms with van der Waals surface area (Å²) in [5.41, 5.74) is 0. The number of nitrogens with one attached hydrogen (secondary N) is 2. The number of halogens is 1. The van der Waals surface area contributed by atoms with Crippen LogP contribution in [0.5, 0.6) is 0 Å². The number of hydrogen-bond acceptors (Lipinski definition) is 3. The molecule has 0 aliphatic carbocycles. The highest BCUT2D eigenvalue weighted by Crippen LogP contribution is 1.99. The Balaban J connectivity index is 0.00000361. The van der Waals surface area contributed by atoms with Gasteiger partial charge in [0, 0.05) is 52.9 Å². The first kappa shape index (κ1) is 19.9. The number of unbranched alkanes of at least 4 members (excludes halogenated alkanes) is 1. The van der Waals surface area contributed by atoms with Gasteiger partial charge in [-0.3, -0.25) is 9.89 Å². The van der Waals surface area contributed by atoms with Crippen molar-refractivity contribution < 1.29 is 0 Å². The monoisotopic (exact) mass is 397 g/mol. The van der Waals surface area contributed by atoms with Crippen LogP contribution in [0.3, 0.4) is 0 Å². The maximum Gasteiger partial charge on any atom is 0.191 e. The van der Waals surface area contributed by atoms with Crippen LogP contribution in [0.4, 0.5) is 0 Å². The van der Waals surface area contributed by atoms with Gasteiger partial charge in [0.2, 0.25) is 0 Å². The third kappa shape index (κ3) is 8.26. The van der Waals surface area contributed by atoms with Gasteiger partial charge in [0.15, 0.2) is 5.96 Å². The van der Waals surface area contributed by atoms with Gasteiger partial charge < -0.3 is 15.5 Å². The van der Waals surface area contributed by atoms with Gasteiger partial charge in [-0.15, -0.1) is 24.0 Å². The van der Waals surface area contributed by atoms with Crippen molar-refractivity contribution in [2.45, 2.75) is 26.7 Å². The van der Waals surface area contributed by atoms with Crippen LogP contribution in [0.2, 0.25) is 0 Å². The summed E-state index contributed by atoms with van der Waals surface area (Å²) in [5.74, 6) is 0.931. The SMILES string of the molecule is CCCCNC(=NC)NCCN1CCN(CC)CC1.I. The average molecular weight is 397 g/mol. The quantitative estimate of drug-likeness (QED) is 0.293. The van der Waals surface area contributed by atoms with Crippen molar-refractivity contribution in [3.8, 4) is 0 Å². The first-order chi connectivity index (χ1) is 9.30. The lowest BCUT2D eigenvalue weighted by molar-refractivity contribution is 0.139. The lowest BCUT2D eigenvalue weighted by Crippen LogP contribution is -2.49. The third-order valence-corrected chi connectivity index (χ3v) is 3.68. The Morgan fingerprint density at radius 3 is 2.15 bits per heavy atom. The summed E-state index contributed by atoms with van der Waals surface area (Å²) in [6, 6.07) is 0. The topological polar surface area (TPSA) is 42.9 Å². The molecular formula is C14H32IN5. The van der Waals surface area contributed by atoms with Crippen molar-refractivity contribution >= 4 is 29.9 Å². The molecule has 0 bridgehead atoms. The highest BCUT2D eigenvalue weighted by Gasteiger charge is 2.14. The molecule has 0 aromatic carbocycles. The number of rotatable bonds is 7. The van der Waals surface area contributed by atoms with Crippen LogP contribution < -0.4 is 10.6 Å². The van der Waals surface area contributed by atoms with E-state index in [9.17, 15) is 0 Å². The van der Waals surface area contributed by atoms with Crippen molar-refractivity contribution in [3.63, 3.8) is 0 Å². The second kappa shape index (κ2) is 12.6. The van der Waals surface area contributed by atoms with Crippen molar-refractivity contribution in [1.29, 1.82) is 0 Å². The smallest absolute Gasteiger partial charge is 0.191 e. The van der Waals surface area contributed by atoms with E-state index in [4.69, 9.17) is 0 Å². The minimum Gasteiger partial charge on any atom is -0.356 e. The number of piperazine rings is 1. The molecule has 0 aromatic rings. The highest BCUT2D eigenvalue weighted by atomic mass is 127. The summed E-state index contributed by atoms with van der Waals surface area (Å²) in [5, 5.41) is 6.72. The van der Waals surface area contributed by atoms with Crippen LogP contribution in [0, 0.1) is 0 Å². The predicted molar refractivity (Wildman–Crippen MR) is 98.2 cm³/mol. The Labute approximate surface area is 141 Å². The van der Waals surface area contributed by atoms with Crippen LogP contribution >= 0.6 is 24.0 Å². The molecule has 1 aliphatic heterocycles. The van der Waals surface area contributed by atoms with Gasteiger partial charge in [0.05, 0.1) is 0 Å². The first-order valence-electron chi connectivity index (χ1n) is 7.69. The van der Waals surface area contributed by atoms with Crippen LogP contribution in [-0.2, 0) is 0 Å². The molecule has 5 nitrogen and oxygen atoms in total. The predicted octanol–water partition coefficient (Wildman–Crippen LogP) is 1.21. The van der Waals surface area contributed by atoms with E-state index in [1.165, 1.54) is 45.6 Å². The second-order valence-corrected chi connectivity index (χ2v) is 5.06. The Morgan fingerprint density at radius 1 is 1.00 bits per heavy atom. The van der Waals surface area contributed by atoms with Crippen molar-refractivity contribution in [2.75, 3.05) is 59.4 Å². The molecule has 1 heterocycles. The Bertz CT molecular complexity index is 252. The van der Waals surface area contributed by atoms with E-state index in [2.05, 4.69) is 39.3 Å². The first-order valence-corrected chi connectivity index (χ1v) is 7.69. The Hall–Kier alpha value is -0.0800. The molecule has 1 aliphatic rings. The maximum absolute atomic E-state index is 4.24. The normalized spacial score (nSPS) is 17.6. The molecular weight excluding hydrogens is 365 g/mol. The molecule has 20 heavy (non-hydrogen) atoms. The Morgan fingerprint density at radius 2 is 1.60 bits per heavy atom. The molecule has 0 spiro atoms. The number of aliphatic imine (C=N–C) groups is 1. The zero-order valence-corrected chi connectivity index (χ0v) is 15.7. The van der Waals surface area contributed by atoms with Crippen molar-refractivity contribution in [1.82, 2.24) is 20.4 Å². The number of guanidine groups is 1. The fraction of sp³-hybridized carbons (Fsp3) is 0.929. The van der Waals surface area contributed by atoms with Crippen molar-refractivity contribution in [2.24, 2.45) is 4.99 Å². The maximum atomic E-state index is 4.24. The molecule has 1 saturated heterocycles. The molecule has 120 valence electrons. The van der Waals surface area contributed by atoms with E-state index in [-0.39, 0.29) is 24.0 Å². The molecule has 0 unspecified atom stereocenters. The minimum absolute atomic E-state index is 0. The molecule has 2 N–H and O–H groups in total. The van der Waals surface area contributed by atoms with E-state index < -0.39 is 0 Å². The lowest BCUT2D eigenvalue weighted by Gasteiger charge is -2.34. The average Bonchev–Trinajstić information content (AvgIpc) is 2.46. The zero-order chi connectivity index (χ0) is 13.9.